The molecule has 2 heterocycles. The lowest BCUT2D eigenvalue weighted by Crippen LogP contribution is -2.22. The van der Waals surface area contributed by atoms with Crippen molar-refractivity contribution < 1.29 is 9.85 Å². The van der Waals surface area contributed by atoms with E-state index in [-0.39, 0.29) is 11.4 Å². The van der Waals surface area contributed by atoms with Crippen LogP contribution in [0.3, 0.4) is 0 Å². The molecule has 4 aromatic rings. The topological polar surface area (TPSA) is 112 Å². The molecule has 0 N–H and O–H groups in total. The Morgan fingerprint density at radius 3 is 1.42 bits per heavy atom. The summed E-state index contributed by atoms with van der Waals surface area (Å²) < 4.78 is 0. The van der Waals surface area contributed by atoms with Crippen molar-refractivity contribution in [3.8, 4) is 22.5 Å². The molecule has 0 radical (unpaired) electrons. The Kier molecular flexibility index (Phi) is 5.66. The largest absolute Gasteiger partial charge is 0.270 e. The number of nitro groups is 2. The highest BCUT2D eigenvalue weighted by Crippen LogP contribution is 2.32. The van der Waals surface area contributed by atoms with Crippen LogP contribution in [0.15, 0.2) is 84.9 Å². The first-order chi connectivity index (χ1) is 15.8. The number of rotatable bonds is 6. The highest BCUT2D eigenvalue weighted by atomic mass is 16.6. The van der Waals surface area contributed by atoms with Crippen LogP contribution in [0.5, 0.6) is 0 Å². The van der Waals surface area contributed by atoms with Crippen LogP contribution in [0.25, 0.3) is 22.5 Å². The van der Waals surface area contributed by atoms with Gasteiger partial charge in [0.05, 0.1) is 32.6 Å². The van der Waals surface area contributed by atoms with Gasteiger partial charge in [0, 0.05) is 40.8 Å². The van der Waals surface area contributed by atoms with Gasteiger partial charge in [0.1, 0.15) is 0 Å². The third kappa shape index (κ3) is 4.45. The van der Waals surface area contributed by atoms with Crippen molar-refractivity contribution in [3.63, 3.8) is 0 Å². The number of nitro benzene ring substituents is 2. The van der Waals surface area contributed by atoms with Crippen molar-refractivity contribution in [2.45, 2.75) is 19.3 Å². The maximum Gasteiger partial charge on any atom is 0.270 e. The number of hydrogen-bond donors (Lipinski definition) is 0. The molecule has 8 nitrogen and oxygen atoms in total. The van der Waals surface area contributed by atoms with Crippen LogP contribution in [-0.2, 0) is 5.41 Å². The average molecular weight is 440 g/mol. The summed E-state index contributed by atoms with van der Waals surface area (Å²) in [7, 11) is 0. The van der Waals surface area contributed by atoms with Crippen molar-refractivity contribution >= 4 is 11.4 Å². The van der Waals surface area contributed by atoms with Gasteiger partial charge in [0.15, 0.2) is 0 Å². The first kappa shape index (κ1) is 21.8. The minimum atomic E-state index is -0.590. The molecule has 0 spiro atoms. The smallest absolute Gasteiger partial charge is 0.258 e. The molecule has 0 unspecified atom stereocenters. The molecule has 4 rings (SSSR count). The van der Waals surface area contributed by atoms with E-state index in [1.807, 2.05) is 50.2 Å². The first-order valence-electron chi connectivity index (χ1n) is 10.2. The third-order valence-electron chi connectivity index (χ3n) is 5.48. The lowest BCUT2D eigenvalue weighted by Gasteiger charge is -2.24. The molecule has 2 aromatic carbocycles. The van der Waals surface area contributed by atoms with E-state index in [4.69, 9.17) is 9.97 Å². The summed E-state index contributed by atoms with van der Waals surface area (Å²) >= 11 is 0. The number of pyridine rings is 2. The summed E-state index contributed by atoms with van der Waals surface area (Å²) in [5.41, 5.74) is 3.47. The second kappa shape index (κ2) is 8.58. The molecule has 0 saturated carbocycles. The number of non-ortho nitro benzene ring substituents is 2. The van der Waals surface area contributed by atoms with Crippen LogP contribution < -0.4 is 0 Å². The van der Waals surface area contributed by atoms with Crippen LogP contribution in [-0.4, -0.2) is 19.8 Å². The fraction of sp³-hybridized carbons (Fsp3) is 0.120. The molecule has 8 heteroatoms. The number of benzene rings is 2. The first-order valence-corrected chi connectivity index (χ1v) is 10.2. The zero-order valence-corrected chi connectivity index (χ0v) is 18.0. The molecule has 0 bridgehead atoms. The molecule has 0 saturated heterocycles. The Labute approximate surface area is 189 Å². The summed E-state index contributed by atoms with van der Waals surface area (Å²) in [6, 6.07) is 23.9. The Hall–Kier alpha value is -4.46. The Morgan fingerprint density at radius 1 is 0.636 bits per heavy atom. The second-order valence-corrected chi connectivity index (χ2v) is 8.06. The van der Waals surface area contributed by atoms with Crippen LogP contribution in [0.4, 0.5) is 11.4 Å². The minimum absolute atomic E-state index is 0.00489. The van der Waals surface area contributed by atoms with Crippen LogP contribution in [0.1, 0.15) is 25.2 Å². The normalized spacial score (nSPS) is 11.2. The monoisotopic (exact) mass is 440 g/mol. The second-order valence-electron chi connectivity index (χ2n) is 8.06. The predicted octanol–water partition coefficient (Wildman–Crippen LogP) is 5.95. The number of aromatic nitrogens is 2. The van der Waals surface area contributed by atoms with Gasteiger partial charge in [0.25, 0.3) is 11.4 Å². The van der Waals surface area contributed by atoms with E-state index in [9.17, 15) is 20.2 Å². The zero-order chi connectivity index (χ0) is 23.6. The molecule has 0 amide bonds. The van der Waals surface area contributed by atoms with Gasteiger partial charge >= 0.3 is 0 Å². The van der Waals surface area contributed by atoms with E-state index in [2.05, 4.69) is 0 Å². The fourth-order valence-corrected chi connectivity index (χ4v) is 3.58. The maximum absolute atomic E-state index is 11.1. The van der Waals surface area contributed by atoms with Gasteiger partial charge in [-0.1, -0.05) is 36.4 Å². The van der Waals surface area contributed by atoms with Crippen molar-refractivity contribution in [2.75, 3.05) is 0 Å². The van der Waals surface area contributed by atoms with Gasteiger partial charge in [-0.3, -0.25) is 30.2 Å². The molecule has 0 aliphatic carbocycles. The van der Waals surface area contributed by atoms with Crippen LogP contribution in [0.2, 0.25) is 0 Å². The van der Waals surface area contributed by atoms with E-state index < -0.39 is 15.3 Å². The standard InChI is InChI=1S/C25H20N4O4/c1-25(2,23-13-5-11-21(26-23)17-7-3-9-19(15-17)28(30)31)24-14-6-12-22(27-24)18-8-4-10-20(16-18)29(32)33/h3-16H,1-2H3. The van der Waals surface area contributed by atoms with Crippen molar-refractivity contribution in [1.29, 1.82) is 0 Å². The number of hydrogen-bond acceptors (Lipinski definition) is 6. The van der Waals surface area contributed by atoms with E-state index in [0.717, 1.165) is 11.4 Å². The van der Waals surface area contributed by atoms with Gasteiger partial charge in [-0.2, -0.15) is 0 Å². The summed E-state index contributed by atoms with van der Waals surface area (Å²) in [6.07, 6.45) is 0. The Morgan fingerprint density at radius 2 is 1.03 bits per heavy atom. The molecule has 0 fully saturated rings. The zero-order valence-electron chi connectivity index (χ0n) is 18.0. The summed E-state index contributed by atoms with van der Waals surface area (Å²) in [5.74, 6) is 0. The van der Waals surface area contributed by atoms with Crippen molar-refractivity contribution in [2.24, 2.45) is 0 Å². The predicted molar refractivity (Wildman–Crippen MR) is 125 cm³/mol. The van der Waals surface area contributed by atoms with Gasteiger partial charge in [-0.05, 0) is 38.1 Å². The Bertz CT molecular complexity index is 1260. The van der Waals surface area contributed by atoms with Gasteiger partial charge in [-0.25, -0.2) is 0 Å². The lowest BCUT2D eigenvalue weighted by atomic mass is 9.84. The minimum Gasteiger partial charge on any atom is -0.258 e. The molecule has 0 aliphatic heterocycles. The van der Waals surface area contributed by atoms with Crippen molar-refractivity contribution in [3.05, 3.63) is 117 Å². The lowest BCUT2D eigenvalue weighted by molar-refractivity contribution is -0.385. The van der Waals surface area contributed by atoms with E-state index in [0.29, 0.717) is 22.5 Å². The molecule has 0 atom stereocenters. The molecule has 33 heavy (non-hydrogen) atoms. The molecule has 0 aliphatic rings. The summed E-state index contributed by atoms with van der Waals surface area (Å²) in [4.78, 5) is 31.0. The Balaban J connectivity index is 1.72. The SMILES string of the molecule is CC(C)(c1cccc(-c2cccc([N+](=O)[O-])c2)n1)c1cccc(-c2cccc([N+](=O)[O-])c2)n1. The molecular formula is C25H20N4O4. The fourth-order valence-electron chi connectivity index (χ4n) is 3.58. The van der Waals surface area contributed by atoms with Gasteiger partial charge < -0.3 is 0 Å². The molecule has 164 valence electrons. The van der Waals surface area contributed by atoms with E-state index in [1.54, 1.807) is 24.3 Å². The van der Waals surface area contributed by atoms with Gasteiger partial charge in [-0.15, -0.1) is 0 Å². The molecule has 2 aromatic heterocycles. The maximum atomic E-state index is 11.1. The quantitative estimate of drug-likeness (QED) is 0.270. The summed E-state index contributed by atoms with van der Waals surface area (Å²) in [5, 5.41) is 22.3. The van der Waals surface area contributed by atoms with Gasteiger partial charge in [0.2, 0.25) is 0 Å². The average Bonchev–Trinajstić information content (AvgIpc) is 2.84. The number of nitrogens with zero attached hydrogens (tertiary/aromatic N) is 4. The van der Waals surface area contributed by atoms with E-state index >= 15 is 0 Å². The summed E-state index contributed by atoms with van der Waals surface area (Å²) in [6.45, 7) is 3.98. The third-order valence-corrected chi connectivity index (χ3v) is 5.48. The van der Waals surface area contributed by atoms with Crippen LogP contribution in [0, 0.1) is 20.2 Å². The highest BCUT2D eigenvalue weighted by molar-refractivity contribution is 5.64. The molecular weight excluding hydrogens is 420 g/mol. The van der Waals surface area contributed by atoms with Crippen LogP contribution >= 0.6 is 0 Å². The van der Waals surface area contributed by atoms with E-state index in [1.165, 1.54) is 24.3 Å². The highest BCUT2D eigenvalue weighted by Gasteiger charge is 2.27. The van der Waals surface area contributed by atoms with Crippen molar-refractivity contribution in [1.82, 2.24) is 9.97 Å².